The molecule has 1 aromatic heterocycles. The maximum atomic E-state index is 12.5. The third kappa shape index (κ3) is 3.81. The fourth-order valence-corrected chi connectivity index (χ4v) is 3.24. The van der Waals surface area contributed by atoms with Crippen molar-refractivity contribution in [1.29, 1.82) is 0 Å². The Morgan fingerprint density at radius 1 is 1.08 bits per heavy atom. The van der Waals surface area contributed by atoms with Gasteiger partial charge in [0.05, 0.1) is 12.1 Å². The maximum Gasteiger partial charge on any atom is 0.253 e. The minimum atomic E-state index is -0.167. The highest BCUT2D eigenvalue weighted by molar-refractivity contribution is 6.31. The number of para-hydroxylation sites is 1. The first-order valence-corrected chi connectivity index (χ1v) is 9.00. The van der Waals surface area contributed by atoms with Crippen molar-refractivity contribution in [3.05, 3.63) is 80.6 Å². The van der Waals surface area contributed by atoms with Crippen LogP contribution in [0.2, 0.25) is 5.02 Å². The Morgan fingerprint density at radius 2 is 1.81 bits per heavy atom. The maximum absolute atomic E-state index is 12.5. The van der Waals surface area contributed by atoms with E-state index in [2.05, 4.69) is 4.98 Å². The van der Waals surface area contributed by atoms with Crippen LogP contribution in [0.15, 0.2) is 53.3 Å². The van der Waals surface area contributed by atoms with Crippen LogP contribution in [-0.2, 0) is 17.9 Å². The van der Waals surface area contributed by atoms with Gasteiger partial charge in [0, 0.05) is 23.6 Å². The molecule has 3 aromatic rings. The standard InChI is InChI=1S/C21H21ClN2O2/c1-3-19(25)24(12-16-8-4-5-10-18(16)22)13-17-11-15-9-6-7-14(2)20(15)23-21(17)26/h4-11H,3,12-13H2,1-2H3,(H,23,26). The number of aryl methyl sites for hydroxylation is 1. The van der Waals surface area contributed by atoms with Crippen molar-refractivity contribution in [1.82, 2.24) is 9.88 Å². The molecular formula is C21H21ClN2O2. The molecule has 26 heavy (non-hydrogen) atoms. The molecule has 2 aromatic carbocycles. The average Bonchev–Trinajstić information content (AvgIpc) is 2.63. The lowest BCUT2D eigenvalue weighted by Crippen LogP contribution is -2.32. The van der Waals surface area contributed by atoms with Crippen molar-refractivity contribution < 1.29 is 4.79 Å². The van der Waals surface area contributed by atoms with E-state index in [9.17, 15) is 9.59 Å². The van der Waals surface area contributed by atoms with Gasteiger partial charge in [0.1, 0.15) is 0 Å². The Labute approximate surface area is 157 Å². The Kier molecular flexibility index (Phi) is 5.43. The van der Waals surface area contributed by atoms with Gasteiger partial charge in [0.15, 0.2) is 0 Å². The van der Waals surface area contributed by atoms with Crippen LogP contribution in [0, 0.1) is 6.92 Å². The van der Waals surface area contributed by atoms with Crippen LogP contribution in [0.1, 0.15) is 30.0 Å². The van der Waals surface area contributed by atoms with Gasteiger partial charge in [0.2, 0.25) is 5.91 Å². The van der Waals surface area contributed by atoms with E-state index in [-0.39, 0.29) is 18.0 Å². The highest BCUT2D eigenvalue weighted by atomic mass is 35.5. The van der Waals surface area contributed by atoms with Gasteiger partial charge in [-0.3, -0.25) is 9.59 Å². The number of pyridine rings is 1. The van der Waals surface area contributed by atoms with Gasteiger partial charge in [-0.1, -0.05) is 54.9 Å². The lowest BCUT2D eigenvalue weighted by atomic mass is 10.1. The van der Waals surface area contributed by atoms with Crippen molar-refractivity contribution in [2.24, 2.45) is 0 Å². The second-order valence-corrected chi connectivity index (χ2v) is 6.76. The largest absolute Gasteiger partial charge is 0.334 e. The van der Waals surface area contributed by atoms with Crippen molar-refractivity contribution in [2.75, 3.05) is 0 Å². The smallest absolute Gasteiger partial charge is 0.253 e. The van der Waals surface area contributed by atoms with Crippen LogP contribution in [0.3, 0.4) is 0 Å². The molecule has 4 nitrogen and oxygen atoms in total. The van der Waals surface area contributed by atoms with Crippen LogP contribution < -0.4 is 5.56 Å². The number of carbonyl (C=O) groups is 1. The fourth-order valence-electron chi connectivity index (χ4n) is 3.04. The number of rotatable bonds is 5. The van der Waals surface area contributed by atoms with E-state index in [0.717, 1.165) is 22.0 Å². The summed E-state index contributed by atoms with van der Waals surface area (Å²) in [5.74, 6) is -0.0198. The summed E-state index contributed by atoms with van der Waals surface area (Å²) in [5.41, 5.74) is 3.12. The highest BCUT2D eigenvalue weighted by Gasteiger charge is 2.16. The Hall–Kier alpha value is -2.59. The van der Waals surface area contributed by atoms with E-state index in [1.807, 2.05) is 56.3 Å². The van der Waals surface area contributed by atoms with Gasteiger partial charge in [-0.15, -0.1) is 0 Å². The van der Waals surface area contributed by atoms with E-state index in [1.54, 1.807) is 11.0 Å². The van der Waals surface area contributed by atoms with E-state index in [4.69, 9.17) is 11.6 Å². The van der Waals surface area contributed by atoms with E-state index >= 15 is 0 Å². The van der Waals surface area contributed by atoms with Crippen molar-refractivity contribution in [2.45, 2.75) is 33.4 Å². The number of benzene rings is 2. The molecule has 1 heterocycles. The summed E-state index contributed by atoms with van der Waals surface area (Å²) in [7, 11) is 0. The van der Waals surface area contributed by atoms with Gasteiger partial charge in [-0.2, -0.15) is 0 Å². The van der Waals surface area contributed by atoms with Crippen molar-refractivity contribution in [3.63, 3.8) is 0 Å². The lowest BCUT2D eigenvalue weighted by Gasteiger charge is -2.23. The van der Waals surface area contributed by atoms with Gasteiger partial charge in [0.25, 0.3) is 5.56 Å². The molecule has 0 aliphatic rings. The van der Waals surface area contributed by atoms with Crippen LogP contribution in [0.25, 0.3) is 10.9 Å². The number of nitrogens with one attached hydrogen (secondary N) is 1. The molecule has 134 valence electrons. The Morgan fingerprint density at radius 3 is 2.54 bits per heavy atom. The number of amides is 1. The van der Waals surface area contributed by atoms with Gasteiger partial charge >= 0.3 is 0 Å². The SMILES string of the molecule is CCC(=O)N(Cc1ccccc1Cl)Cc1cc2cccc(C)c2[nH]c1=O. The zero-order chi connectivity index (χ0) is 18.7. The zero-order valence-electron chi connectivity index (χ0n) is 14.9. The predicted octanol–water partition coefficient (Wildman–Crippen LogP) is 4.43. The third-order valence-electron chi connectivity index (χ3n) is 4.50. The number of fused-ring (bicyclic) bond motifs is 1. The molecule has 0 bridgehead atoms. The second kappa shape index (κ2) is 7.75. The molecule has 0 saturated heterocycles. The first-order chi connectivity index (χ1) is 12.5. The first-order valence-electron chi connectivity index (χ1n) is 8.62. The monoisotopic (exact) mass is 368 g/mol. The number of H-pyrrole nitrogens is 1. The fraction of sp³-hybridized carbons (Fsp3) is 0.238. The number of carbonyl (C=O) groups excluding carboxylic acids is 1. The topological polar surface area (TPSA) is 53.2 Å². The first kappa shape index (κ1) is 18.2. The summed E-state index contributed by atoms with van der Waals surface area (Å²) in [6.07, 6.45) is 0.370. The quantitative estimate of drug-likeness (QED) is 0.724. The van der Waals surface area contributed by atoms with E-state index < -0.39 is 0 Å². The van der Waals surface area contributed by atoms with Crippen LogP contribution in [0.5, 0.6) is 0 Å². The molecule has 0 aliphatic carbocycles. The molecule has 0 aliphatic heterocycles. The average molecular weight is 369 g/mol. The predicted molar refractivity (Wildman–Crippen MR) is 105 cm³/mol. The molecule has 5 heteroatoms. The summed E-state index contributed by atoms with van der Waals surface area (Å²) in [5, 5.41) is 1.57. The molecule has 0 atom stereocenters. The molecular weight excluding hydrogens is 348 g/mol. The Bertz CT molecular complexity index is 1010. The summed E-state index contributed by atoms with van der Waals surface area (Å²) < 4.78 is 0. The Balaban J connectivity index is 1.95. The number of hydrogen-bond acceptors (Lipinski definition) is 2. The number of aromatic nitrogens is 1. The number of nitrogens with zero attached hydrogens (tertiary/aromatic N) is 1. The normalized spacial score (nSPS) is 10.9. The summed E-state index contributed by atoms with van der Waals surface area (Å²) in [6.45, 7) is 4.40. The van der Waals surface area contributed by atoms with Crippen LogP contribution in [0.4, 0.5) is 0 Å². The van der Waals surface area contributed by atoms with E-state index in [0.29, 0.717) is 23.6 Å². The third-order valence-corrected chi connectivity index (χ3v) is 4.87. The molecule has 0 radical (unpaired) electrons. The molecule has 0 unspecified atom stereocenters. The second-order valence-electron chi connectivity index (χ2n) is 6.36. The van der Waals surface area contributed by atoms with Gasteiger partial charge < -0.3 is 9.88 Å². The number of halogens is 1. The van der Waals surface area contributed by atoms with Crippen LogP contribution in [-0.4, -0.2) is 15.8 Å². The lowest BCUT2D eigenvalue weighted by molar-refractivity contribution is -0.132. The molecule has 0 spiro atoms. The van der Waals surface area contributed by atoms with Crippen molar-refractivity contribution >= 4 is 28.4 Å². The number of hydrogen-bond donors (Lipinski definition) is 1. The van der Waals surface area contributed by atoms with Gasteiger partial charge in [-0.05, 0) is 35.6 Å². The molecule has 0 fully saturated rings. The summed E-state index contributed by atoms with van der Waals surface area (Å²) in [6, 6.07) is 15.2. The minimum Gasteiger partial charge on any atom is -0.334 e. The zero-order valence-corrected chi connectivity index (χ0v) is 15.6. The van der Waals surface area contributed by atoms with Gasteiger partial charge in [-0.25, -0.2) is 0 Å². The molecule has 3 rings (SSSR count). The summed E-state index contributed by atoms with van der Waals surface area (Å²) in [4.78, 5) is 29.6. The molecule has 1 N–H and O–H groups in total. The summed E-state index contributed by atoms with van der Waals surface area (Å²) >= 11 is 6.24. The molecule has 0 saturated carbocycles. The van der Waals surface area contributed by atoms with Crippen LogP contribution >= 0.6 is 11.6 Å². The number of aromatic amines is 1. The highest BCUT2D eigenvalue weighted by Crippen LogP contribution is 2.20. The molecule has 1 amide bonds. The minimum absolute atomic E-state index is 0.0198. The van der Waals surface area contributed by atoms with E-state index in [1.165, 1.54) is 0 Å². The van der Waals surface area contributed by atoms with Crippen molar-refractivity contribution in [3.8, 4) is 0 Å².